The Hall–Kier alpha value is -0.0800. The van der Waals surface area contributed by atoms with E-state index in [4.69, 9.17) is 4.74 Å². The molecule has 0 aromatic rings. The van der Waals surface area contributed by atoms with Crippen molar-refractivity contribution in [2.24, 2.45) is 5.92 Å². The first-order chi connectivity index (χ1) is 5.86. The number of quaternary nitrogens is 1. The van der Waals surface area contributed by atoms with Gasteiger partial charge < -0.3 is 9.64 Å². The molecule has 0 spiro atoms. The number of morpholine rings is 1. The Morgan fingerprint density at radius 1 is 1.17 bits per heavy atom. The van der Waals surface area contributed by atoms with Crippen LogP contribution in [0.15, 0.2) is 0 Å². The minimum absolute atomic E-state index is 0.962. The molecule has 12 heavy (non-hydrogen) atoms. The molecule has 0 aromatic heterocycles. The van der Waals surface area contributed by atoms with Crippen LogP contribution >= 0.6 is 0 Å². The zero-order chi connectivity index (χ0) is 8.39. The fourth-order valence-electron chi connectivity index (χ4n) is 2.62. The van der Waals surface area contributed by atoms with Crippen molar-refractivity contribution in [3.05, 3.63) is 0 Å². The molecule has 1 N–H and O–H groups in total. The summed E-state index contributed by atoms with van der Waals surface area (Å²) in [6.07, 6.45) is 4.36. The standard InChI is InChI=1S/C10H19NO/c1-9-2-3-10(8-9)11-4-6-12-7-5-11/h9-10H,2-8H2,1H3/p+1/t9-,10-/m1/s1. The van der Waals surface area contributed by atoms with Crippen LogP contribution in [0, 0.1) is 5.92 Å². The van der Waals surface area contributed by atoms with Crippen LogP contribution in [-0.2, 0) is 4.74 Å². The molecule has 70 valence electrons. The lowest BCUT2D eigenvalue weighted by atomic mass is 10.1. The lowest BCUT2D eigenvalue weighted by molar-refractivity contribution is -0.932. The second kappa shape index (κ2) is 3.75. The Morgan fingerprint density at radius 3 is 2.50 bits per heavy atom. The zero-order valence-corrected chi connectivity index (χ0v) is 8.01. The van der Waals surface area contributed by atoms with Gasteiger partial charge in [0, 0.05) is 6.42 Å². The van der Waals surface area contributed by atoms with Gasteiger partial charge in [-0.2, -0.15) is 0 Å². The third-order valence-corrected chi connectivity index (χ3v) is 3.41. The van der Waals surface area contributed by atoms with E-state index in [2.05, 4.69) is 6.92 Å². The summed E-state index contributed by atoms with van der Waals surface area (Å²) in [6, 6.07) is 0.962. The number of ether oxygens (including phenoxy) is 1. The van der Waals surface area contributed by atoms with Gasteiger partial charge in [0.05, 0.1) is 19.3 Å². The van der Waals surface area contributed by atoms with Crippen molar-refractivity contribution in [2.45, 2.75) is 32.2 Å². The monoisotopic (exact) mass is 170 g/mol. The van der Waals surface area contributed by atoms with Crippen LogP contribution < -0.4 is 4.90 Å². The van der Waals surface area contributed by atoms with Gasteiger partial charge in [-0.15, -0.1) is 0 Å². The molecule has 2 fully saturated rings. The average molecular weight is 170 g/mol. The minimum Gasteiger partial charge on any atom is -0.370 e. The van der Waals surface area contributed by atoms with E-state index in [1.807, 2.05) is 4.90 Å². The summed E-state index contributed by atoms with van der Waals surface area (Å²) in [5, 5.41) is 0. The molecule has 2 heteroatoms. The van der Waals surface area contributed by atoms with Crippen molar-refractivity contribution < 1.29 is 9.64 Å². The molecule has 0 radical (unpaired) electrons. The Labute approximate surface area is 74.9 Å². The second-order valence-corrected chi connectivity index (χ2v) is 4.39. The fraction of sp³-hybridized carbons (Fsp3) is 1.00. The third kappa shape index (κ3) is 1.80. The maximum Gasteiger partial charge on any atom is 0.101 e. The first kappa shape index (κ1) is 8.52. The van der Waals surface area contributed by atoms with Gasteiger partial charge in [-0.1, -0.05) is 6.92 Å². The fourth-order valence-corrected chi connectivity index (χ4v) is 2.62. The minimum atomic E-state index is 0.962. The summed E-state index contributed by atoms with van der Waals surface area (Å²) in [4.78, 5) is 1.81. The Morgan fingerprint density at radius 2 is 1.92 bits per heavy atom. The summed E-state index contributed by atoms with van der Waals surface area (Å²) in [7, 11) is 0. The molecule has 0 bridgehead atoms. The van der Waals surface area contributed by atoms with Crippen molar-refractivity contribution in [1.29, 1.82) is 0 Å². The molecule has 1 aliphatic heterocycles. The molecule has 1 saturated heterocycles. The topological polar surface area (TPSA) is 13.7 Å². The number of hydrogen-bond acceptors (Lipinski definition) is 1. The smallest absolute Gasteiger partial charge is 0.101 e. The van der Waals surface area contributed by atoms with E-state index >= 15 is 0 Å². The quantitative estimate of drug-likeness (QED) is 0.589. The lowest BCUT2D eigenvalue weighted by Crippen LogP contribution is -3.17. The van der Waals surface area contributed by atoms with Crippen molar-refractivity contribution in [2.75, 3.05) is 26.3 Å². The van der Waals surface area contributed by atoms with Gasteiger partial charge in [0.1, 0.15) is 13.1 Å². The maximum absolute atomic E-state index is 5.37. The molecule has 2 atom stereocenters. The first-order valence-electron chi connectivity index (χ1n) is 5.28. The number of hydrogen-bond donors (Lipinski definition) is 1. The van der Waals surface area contributed by atoms with E-state index in [1.54, 1.807) is 0 Å². The molecule has 0 unspecified atom stereocenters. The van der Waals surface area contributed by atoms with Gasteiger partial charge in [-0.3, -0.25) is 0 Å². The van der Waals surface area contributed by atoms with Gasteiger partial charge in [0.2, 0.25) is 0 Å². The summed E-state index contributed by atoms with van der Waals surface area (Å²) in [5.74, 6) is 0.977. The Balaban J connectivity index is 1.83. The molecule has 0 amide bonds. The Kier molecular flexibility index (Phi) is 2.66. The number of rotatable bonds is 1. The summed E-state index contributed by atoms with van der Waals surface area (Å²) < 4.78 is 5.37. The third-order valence-electron chi connectivity index (χ3n) is 3.41. The van der Waals surface area contributed by atoms with Crippen molar-refractivity contribution >= 4 is 0 Å². The van der Waals surface area contributed by atoms with Crippen LogP contribution in [0.25, 0.3) is 0 Å². The highest BCUT2D eigenvalue weighted by molar-refractivity contribution is 4.72. The summed E-state index contributed by atoms with van der Waals surface area (Å²) in [6.45, 7) is 6.86. The second-order valence-electron chi connectivity index (χ2n) is 4.39. The first-order valence-corrected chi connectivity index (χ1v) is 5.28. The molecule has 2 nitrogen and oxygen atoms in total. The highest BCUT2D eigenvalue weighted by Crippen LogP contribution is 2.22. The molecule has 1 aliphatic carbocycles. The molecule has 2 aliphatic rings. The van der Waals surface area contributed by atoms with Gasteiger partial charge in [-0.25, -0.2) is 0 Å². The van der Waals surface area contributed by atoms with E-state index in [0.29, 0.717) is 0 Å². The van der Waals surface area contributed by atoms with Crippen LogP contribution in [0.5, 0.6) is 0 Å². The maximum atomic E-state index is 5.37. The van der Waals surface area contributed by atoms with Gasteiger partial charge in [0.25, 0.3) is 0 Å². The van der Waals surface area contributed by atoms with Crippen LogP contribution in [0.2, 0.25) is 0 Å². The normalized spacial score (nSPS) is 38.8. The van der Waals surface area contributed by atoms with Crippen molar-refractivity contribution in [3.63, 3.8) is 0 Å². The van der Waals surface area contributed by atoms with Crippen LogP contribution in [-0.4, -0.2) is 32.3 Å². The highest BCUT2D eigenvalue weighted by Gasteiger charge is 2.30. The van der Waals surface area contributed by atoms with E-state index < -0.39 is 0 Å². The van der Waals surface area contributed by atoms with Crippen LogP contribution in [0.3, 0.4) is 0 Å². The summed E-state index contributed by atoms with van der Waals surface area (Å²) in [5.41, 5.74) is 0. The van der Waals surface area contributed by atoms with Crippen LogP contribution in [0.4, 0.5) is 0 Å². The molecular formula is C10H20NO+. The molecule has 1 heterocycles. The van der Waals surface area contributed by atoms with Crippen molar-refractivity contribution in [1.82, 2.24) is 0 Å². The van der Waals surface area contributed by atoms with Gasteiger partial charge in [-0.05, 0) is 18.8 Å². The largest absolute Gasteiger partial charge is 0.370 e. The van der Waals surface area contributed by atoms with E-state index in [9.17, 15) is 0 Å². The molecule has 2 rings (SSSR count). The SMILES string of the molecule is C[C@@H]1CC[C@@H]([NH+]2CCOCC2)C1. The molecule has 0 aromatic carbocycles. The molecule has 1 saturated carbocycles. The Bertz CT molecular complexity index is 140. The lowest BCUT2D eigenvalue weighted by Gasteiger charge is -2.29. The molecular weight excluding hydrogens is 150 g/mol. The predicted molar refractivity (Wildman–Crippen MR) is 48.3 cm³/mol. The zero-order valence-electron chi connectivity index (χ0n) is 8.01. The number of nitrogens with one attached hydrogen (secondary N) is 1. The predicted octanol–water partition coefficient (Wildman–Crippen LogP) is 0.0901. The van der Waals surface area contributed by atoms with Crippen LogP contribution in [0.1, 0.15) is 26.2 Å². The highest BCUT2D eigenvalue weighted by atomic mass is 16.5. The van der Waals surface area contributed by atoms with Gasteiger partial charge in [0.15, 0.2) is 0 Å². The summed E-state index contributed by atoms with van der Waals surface area (Å²) >= 11 is 0. The van der Waals surface area contributed by atoms with Gasteiger partial charge >= 0.3 is 0 Å². The van der Waals surface area contributed by atoms with E-state index in [0.717, 1.165) is 25.2 Å². The van der Waals surface area contributed by atoms with E-state index in [1.165, 1.54) is 32.4 Å². The van der Waals surface area contributed by atoms with Crippen molar-refractivity contribution in [3.8, 4) is 0 Å². The average Bonchev–Trinajstić information content (AvgIpc) is 2.54. The van der Waals surface area contributed by atoms with E-state index in [-0.39, 0.29) is 0 Å².